The van der Waals surface area contributed by atoms with Gasteiger partial charge in [-0.15, -0.1) is 0 Å². The van der Waals surface area contributed by atoms with E-state index in [-0.39, 0.29) is 22.4 Å². The minimum atomic E-state index is -1.12. The molecule has 4 heteroatoms. The molecule has 1 fully saturated rings. The summed E-state index contributed by atoms with van der Waals surface area (Å²) in [7, 11) is 0. The number of carbonyl (C=O) groups is 1. The van der Waals surface area contributed by atoms with E-state index < -0.39 is 11.8 Å². The highest BCUT2D eigenvalue weighted by Gasteiger charge is 2.65. The number of carboxylic acid groups (broad SMARTS) is 1. The third-order valence-corrected chi connectivity index (χ3v) is 4.54. The van der Waals surface area contributed by atoms with E-state index in [1.54, 1.807) is 0 Å². The molecule has 18 heavy (non-hydrogen) atoms. The fraction of sp³-hybridized carbons (Fsp3) is 0.500. The summed E-state index contributed by atoms with van der Waals surface area (Å²) in [5.41, 5.74) is 0.534. The van der Waals surface area contributed by atoms with E-state index in [4.69, 9.17) is 5.11 Å². The maximum Gasteiger partial charge on any atom is 0.335 e. The van der Waals surface area contributed by atoms with Crippen LogP contribution in [0.2, 0.25) is 0 Å². The first-order valence-corrected chi connectivity index (χ1v) is 5.97. The SMILES string of the molecule is CC1(C)C(Nc2ccc(C(=O)O)cc2F)C1(C)C. The molecule has 1 aromatic carbocycles. The first-order valence-electron chi connectivity index (χ1n) is 5.97. The van der Waals surface area contributed by atoms with Crippen molar-refractivity contribution in [2.45, 2.75) is 33.7 Å². The summed E-state index contributed by atoms with van der Waals surface area (Å²) in [6.45, 7) is 8.53. The first-order chi connectivity index (χ1) is 8.18. The zero-order valence-electron chi connectivity index (χ0n) is 11.0. The number of nitrogens with one attached hydrogen (secondary N) is 1. The number of hydrogen-bond donors (Lipinski definition) is 2. The molecule has 0 bridgehead atoms. The molecule has 0 unspecified atom stereocenters. The van der Waals surface area contributed by atoms with Gasteiger partial charge in [-0.3, -0.25) is 0 Å². The number of hydrogen-bond acceptors (Lipinski definition) is 2. The Bertz CT molecular complexity index is 495. The molecule has 0 saturated heterocycles. The maximum atomic E-state index is 13.8. The molecule has 0 atom stereocenters. The summed E-state index contributed by atoms with van der Waals surface area (Å²) < 4.78 is 13.8. The molecular weight excluding hydrogens is 233 g/mol. The maximum absolute atomic E-state index is 13.8. The van der Waals surface area contributed by atoms with Gasteiger partial charge in [-0.25, -0.2) is 9.18 Å². The summed E-state index contributed by atoms with van der Waals surface area (Å²) in [6, 6.07) is 4.14. The van der Waals surface area contributed by atoms with E-state index in [1.807, 2.05) is 0 Å². The molecule has 2 rings (SSSR count). The highest BCUT2D eigenvalue weighted by atomic mass is 19.1. The summed E-state index contributed by atoms with van der Waals surface area (Å²) in [5, 5.41) is 11.9. The second-order valence-corrected chi connectivity index (χ2v) is 6.02. The molecule has 1 aliphatic carbocycles. The third-order valence-electron chi connectivity index (χ3n) is 4.54. The van der Waals surface area contributed by atoms with Crippen molar-refractivity contribution in [3.05, 3.63) is 29.6 Å². The van der Waals surface area contributed by atoms with Crippen molar-refractivity contribution in [3.8, 4) is 0 Å². The van der Waals surface area contributed by atoms with E-state index in [0.29, 0.717) is 5.69 Å². The van der Waals surface area contributed by atoms with E-state index >= 15 is 0 Å². The van der Waals surface area contributed by atoms with Crippen LogP contribution in [0.15, 0.2) is 18.2 Å². The molecule has 0 aliphatic heterocycles. The van der Waals surface area contributed by atoms with Crippen LogP contribution >= 0.6 is 0 Å². The van der Waals surface area contributed by atoms with E-state index in [0.717, 1.165) is 6.07 Å². The Hall–Kier alpha value is -1.58. The largest absolute Gasteiger partial charge is 0.478 e. The van der Waals surface area contributed by atoms with Crippen molar-refractivity contribution < 1.29 is 14.3 Å². The number of rotatable bonds is 3. The number of anilines is 1. The van der Waals surface area contributed by atoms with Crippen molar-refractivity contribution in [1.29, 1.82) is 0 Å². The number of aromatic carboxylic acids is 1. The van der Waals surface area contributed by atoms with Gasteiger partial charge in [0.2, 0.25) is 0 Å². The molecule has 2 N–H and O–H groups in total. The topological polar surface area (TPSA) is 49.3 Å². The Morgan fingerprint density at radius 3 is 2.22 bits per heavy atom. The summed E-state index contributed by atoms with van der Waals surface area (Å²) >= 11 is 0. The molecular formula is C14H18FNO2. The highest BCUT2D eigenvalue weighted by molar-refractivity contribution is 5.88. The Kier molecular flexibility index (Phi) is 2.65. The van der Waals surface area contributed by atoms with Gasteiger partial charge in [-0.05, 0) is 29.0 Å². The monoisotopic (exact) mass is 251 g/mol. The summed E-state index contributed by atoms with van der Waals surface area (Å²) in [4.78, 5) is 10.7. The smallest absolute Gasteiger partial charge is 0.335 e. The molecule has 98 valence electrons. The minimum Gasteiger partial charge on any atom is -0.478 e. The van der Waals surface area contributed by atoms with Gasteiger partial charge in [-0.2, -0.15) is 0 Å². The van der Waals surface area contributed by atoms with Crippen LogP contribution in [0.1, 0.15) is 38.1 Å². The summed E-state index contributed by atoms with van der Waals surface area (Å²) in [5.74, 6) is -1.64. The first kappa shape index (κ1) is 12.9. The van der Waals surface area contributed by atoms with Gasteiger partial charge in [0.05, 0.1) is 11.3 Å². The second-order valence-electron chi connectivity index (χ2n) is 6.02. The highest BCUT2D eigenvalue weighted by Crippen LogP contribution is 2.63. The molecule has 1 aromatic rings. The van der Waals surface area contributed by atoms with Crippen LogP contribution < -0.4 is 5.32 Å². The fourth-order valence-corrected chi connectivity index (χ4v) is 2.48. The van der Waals surface area contributed by atoms with Crippen LogP contribution in [0.25, 0.3) is 0 Å². The van der Waals surface area contributed by atoms with Gasteiger partial charge in [0, 0.05) is 6.04 Å². The average molecular weight is 251 g/mol. The van der Waals surface area contributed by atoms with Crippen molar-refractivity contribution in [2.75, 3.05) is 5.32 Å². The molecule has 1 aliphatic rings. The Morgan fingerprint density at radius 1 is 1.28 bits per heavy atom. The normalized spacial score (nSPS) is 20.5. The molecule has 0 amide bonds. The Labute approximate surface area is 106 Å². The average Bonchev–Trinajstić information content (AvgIpc) is 2.63. The number of benzene rings is 1. The number of halogens is 1. The van der Waals surface area contributed by atoms with Gasteiger partial charge < -0.3 is 10.4 Å². The lowest BCUT2D eigenvalue weighted by Crippen LogP contribution is -2.11. The van der Waals surface area contributed by atoms with Crippen LogP contribution in [0, 0.1) is 16.6 Å². The molecule has 0 radical (unpaired) electrons. The van der Waals surface area contributed by atoms with Gasteiger partial charge in [0.1, 0.15) is 5.82 Å². The summed E-state index contributed by atoms with van der Waals surface area (Å²) in [6.07, 6.45) is 0. The lowest BCUT2D eigenvalue weighted by atomic mass is 10.0. The molecule has 1 saturated carbocycles. The number of carboxylic acids is 1. The second kappa shape index (κ2) is 3.70. The zero-order chi connectivity index (χ0) is 13.7. The standard InChI is InChI=1S/C14H18FNO2/c1-13(2)12(14(13,3)4)16-10-6-5-8(11(17)18)7-9(10)15/h5-7,12,16H,1-4H3,(H,17,18). The lowest BCUT2D eigenvalue weighted by Gasteiger charge is -2.09. The molecule has 0 heterocycles. The molecule has 3 nitrogen and oxygen atoms in total. The van der Waals surface area contributed by atoms with Crippen molar-refractivity contribution in [3.63, 3.8) is 0 Å². The van der Waals surface area contributed by atoms with Crippen LogP contribution in [0.4, 0.5) is 10.1 Å². The van der Waals surface area contributed by atoms with Crippen molar-refractivity contribution in [2.24, 2.45) is 10.8 Å². The zero-order valence-corrected chi connectivity index (χ0v) is 11.0. The van der Waals surface area contributed by atoms with Crippen LogP contribution in [-0.2, 0) is 0 Å². The van der Waals surface area contributed by atoms with Crippen molar-refractivity contribution in [1.82, 2.24) is 0 Å². The fourth-order valence-electron chi connectivity index (χ4n) is 2.48. The van der Waals surface area contributed by atoms with Gasteiger partial charge >= 0.3 is 5.97 Å². The van der Waals surface area contributed by atoms with E-state index in [1.165, 1.54) is 12.1 Å². The third kappa shape index (κ3) is 1.76. The molecule has 0 spiro atoms. The van der Waals surface area contributed by atoms with E-state index in [9.17, 15) is 9.18 Å². The quantitative estimate of drug-likeness (QED) is 0.866. The predicted octanol–water partition coefficient (Wildman–Crippen LogP) is 3.37. The van der Waals surface area contributed by atoms with Crippen LogP contribution in [-0.4, -0.2) is 17.1 Å². The lowest BCUT2D eigenvalue weighted by molar-refractivity contribution is 0.0696. The minimum absolute atomic E-state index is 0.0348. The van der Waals surface area contributed by atoms with Crippen molar-refractivity contribution >= 4 is 11.7 Å². The predicted molar refractivity (Wildman–Crippen MR) is 68.3 cm³/mol. The van der Waals surface area contributed by atoms with Gasteiger partial charge in [0.15, 0.2) is 0 Å². The van der Waals surface area contributed by atoms with Crippen LogP contribution in [0.3, 0.4) is 0 Å². The molecule has 0 aromatic heterocycles. The Balaban J connectivity index is 2.20. The van der Waals surface area contributed by atoms with Gasteiger partial charge in [0.25, 0.3) is 0 Å². The van der Waals surface area contributed by atoms with Gasteiger partial charge in [-0.1, -0.05) is 27.7 Å². The van der Waals surface area contributed by atoms with E-state index in [2.05, 4.69) is 33.0 Å². The Morgan fingerprint density at radius 2 is 1.83 bits per heavy atom. The van der Waals surface area contributed by atoms with Crippen LogP contribution in [0.5, 0.6) is 0 Å².